The summed E-state index contributed by atoms with van der Waals surface area (Å²) in [5.41, 5.74) is 2.15. The Bertz CT molecular complexity index is 746. The van der Waals surface area contributed by atoms with E-state index in [0.717, 1.165) is 43.5 Å². The quantitative estimate of drug-likeness (QED) is 0.692. The first-order valence-corrected chi connectivity index (χ1v) is 9.75. The number of hydrogen-bond acceptors (Lipinski definition) is 5. The molecule has 0 amide bonds. The van der Waals surface area contributed by atoms with Gasteiger partial charge >= 0.3 is 0 Å². The summed E-state index contributed by atoms with van der Waals surface area (Å²) in [7, 11) is 3.33. The Morgan fingerprint density at radius 3 is 2.14 bits per heavy atom. The van der Waals surface area contributed by atoms with Crippen molar-refractivity contribution < 1.29 is 14.2 Å². The van der Waals surface area contributed by atoms with Gasteiger partial charge in [-0.1, -0.05) is 12.1 Å². The Balaban J connectivity index is 1.63. The zero-order valence-corrected chi connectivity index (χ0v) is 17.1. The molecule has 0 spiro atoms. The molecule has 0 saturated carbocycles. The number of thiocarbonyl (C=S) groups is 1. The van der Waals surface area contributed by atoms with Gasteiger partial charge in [-0.25, -0.2) is 0 Å². The van der Waals surface area contributed by atoms with Crippen LogP contribution < -0.4 is 20.1 Å². The summed E-state index contributed by atoms with van der Waals surface area (Å²) >= 11 is 5.49. The second kappa shape index (κ2) is 10.3. The molecule has 2 aromatic carbocycles. The highest BCUT2D eigenvalue weighted by atomic mass is 32.1. The highest BCUT2D eigenvalue weighted by molar-refractivity contribution is 7.80. The number of anilines is 1. The molecule has 1 heterocycles. The molecule has 1 saturated heterocycles. The van der Waals surface area contributed by atoms with Crippen LogP contribution in [0.1, 0.15) is 11.6 Å². The van der Waals surface area contributed by atoms with E-state index in [2.05, 4.69) is 27.7 Å². The zero-order chi connectivity index (χ0) is 19.8. The summed E-state index contributed by atoms with van der Waals surface area (Å²) in [6, 6.07) is 16.1. The third-order valence-electron chi connectivity index (χ3n) is 4.79. The number of benzene rings is 2. The molecule has 3 rings (SSSR count). The zero-order valence-electron chi connectivity index (χ0n) is 16.3. The molecule has 1 aliphatic rings. The maximum absolute atomic E-state index is 5.52. The lowest BCUT2D eigenvalue weighted by atomic mass is 10.0. The van der Waals surface area contributed by atoms with Gasteiger partial charge in [0.25, 0.3) is 0 Å². The first-order chi connectivity index (χ1) is 13.7. The normalized spacial score (nSPS) is 15.5. The molecule has 150 valence electrons. The molecule has 2 N–H and O–H groups in total. The number of morpholine rings is 1. The van der Waals surface area contributed by atoms with Crippen LogP contribution in [0.5, 0.6) is 11.5 Å². The number of nitrogens with one attached hydrogen (secondary N) is 2. The Labute approximate surface area is 171 Å². The molecular weight excluding hydrogens is 374 g/mol. The van der Waals surface area contributed by atoms with Gasteiger partial charge in [0, 0.05) is 25.3 Å². The summed E-state index contributed by atoms with van der Waals surface area (Å²) in [4.78, 5) is 2.42. The standard InChI is InChI=1S/C21H27N3O3S/c1-25-18-7-3-16(4-8-18)20(24-11-13-27-14-12-24)15-22-21(28)23-17-5-9-19(26-2)10-6-17/h3-10,20H,11-15H2,1-2H3,(H2,22,23,28). The highest BCUT2D eigenvalue weighted by Gasteiger charge is 2.23. The highest BCUT2D eigenvalue weighted by Crippen LogP contribution is 2.24. The largest absolute Gasteiger partial charge is 0.497 e. The van der Waals surface area contributed by atoms with Crippen molar-refractivity contribution in [3.63, 3.8) is 0 Å². The molecule has 7 heteroatoms. The van der Waals surface area contributed by atoms with Crippen molar-refractivity contribution in [3.05, 3.63) is 54.1 Å². The van der Waals surface area contributed by atoms with Crippen LogP contribution in [0.15, 0.2) is 48.5 Å². The van der Waals surface area contributed by atoms with E-state index in [9.17, 15) is 0 Å². The Morgan fingerprint density at radius 2 is 1.57 bits per heavy atom. The Kier molecular flexibility index (Phi) is 7.47. The van der Waals surface area contributed by atoms with Crippen LogP contribution in [0.4, 0.5) is 5.69 Å². The van der Waals surface area contributed by atoms with Gasteiger partial charge in [0.2, 0.25) is 0 Å². The number of methoxy groups -OCH3 is 2. The van der Waals surface area contributed by atoms with Gasteiger partial charge in [0.1, 0.15) is 11.5 Å². The number of rotatable bonds is 7. The lowest BCUT2D eigenvalue weighted by Gasteiger charge is -2.35. The summed E-state index contributed by atoms with van der Waals surface area (Å²) in [5, 5.41) is 7.18. The van der Waals surface area contributed by atoms with Crippen LogP contribution >= 0.6 is 12.2 Å². The monoisotopic (exact) mass is 401 g/mol. The van der Waals surface area contributed by atoms with Crippen LogP contribution in [-0.4, -0.2) is 57.1 Å². The fourth-order valence-corrected chi connectivity index (χ4v) is 3.41. The fraction of sp³-hybridized carbons (Fsp3) is 0.381. The van der Waals surface area contributed by atoms with Crippen molar-refractivity contribution in [2.75, 3.05) is 52.4 Å². The predicted octanol–water partition coefficient (Wildman–Crippen LogP) is 3.06. The van der Waals surface area contributed by atoms with Crippen molar-refractivity contribution in [3.8, 4) is 11.5 Å². The summed E-state index contributed by atoms with van der Waals surface area (Å²) in [6.07, 6.45) is 0. The van der Waals surface area contributed by atoms with E-state index in [1.165, 1.54) is 5.56 Å². The SMILES string of the molecule is COc1ccc(NC(=S)NCC(c2ccc(OC)cc2)N2CCOCC2)cc1. The molecule has 28 heavy (non-hydrogen) atoms. The Hall–Kier alpha value is -2.35. The van der Waals surface area contributed by atoms with Crippen molar-refractivity contribution in [1.82, 2.24) is 10.2 Å². The van der Waals surface area contributed by atoms with E-state index in [4.69, 9.17) is 26.4 Å². The average Bonchev–Trinajstić information content (AvgIpc) is 2.75. The topological polar surface area (TPSA) is 55.0 Å². The molecule has 6 nitrogen and oxygen atoms in total. The van der Waals surface area contributed by atoms with E-state index in [1.54, 1.807) is 14.2 Å². The van der Waals surface area contributed by atoms with Gasteiger partial charge in [0.05, 0.1) is 33.5 Å². The second-order valence-electron chi connectivity index (χ2n) is 6.50. The van der Waals surface area contributed by atoms with Crippen LogP contribution in [0.2, 0.25) is 0 Å². The van der Waals surface area contributed by atoms with Crippen LogP contribution in [0, 0.1) is 0 Å². The molecule has 1 fully saturated rings. The molecule has 2 aromatic rings. The molecule has 0 aliphatic carbocycles. The minimum atomic E-state index is 0.199. The van der Waals surface area contributed by atoms with Crippen molar-refractivity contribution >= 4 is 23.0 Å². The van der Waals surface area contributed by atoms with Gasteiger partial charge in [-0.15, -0.1) is 0 Å². The van der Waals surface area contributed by atoms with Gasteiger partial charge < -0.3 is 24.8 Å². The molecule has 1 atom stereocenters. The summed E-state index contributed by atoms with van der Waals surface area (Å²) in [5.74, 6) is 1.67. The molecule has 1 aliphatic heterocycles. The van der Waals surface area contributed by atoms with Crippen LogP contribution in [-0.2, 0) is 4.74 Å². The molecule has 0 aromatic heterocycles. The smallest absolute Gasteiger partial charge is 0.170 e. The molecule has 0 bridgehead atoms. The van der Waals surface area contributed by atoms with Crippen LogP contribution in [0.25, 0.3) is 0 Å². The van der Waals surface area contributed by atoms with E-state index in [1.807, 2.05) is 36.4 Å². The maximum atomic E-state index is 5.52. The van der Waals surface area contributed by atoms with E-state index in [-0.39, 0.29) is 6.04 Å². The summed E-state index contributed by atoms with van der Waals surface area (Å²) in [6.45, 7) is 4.00. The van der Waals surface area contributed by atoms with Gasteiger partial charge in [0.15, 0.2) is 5.11 Å². The third-order valence-corrected chi connectivity index (χ3v) is 5.04. The second-order valence-corrected chi connectivity index (χ2v) is 6.91. The first-order valence-electron chi connectivity index (χ1n) is 9.34. The van der Waals surface area contributed by atoms with Gasteiger partial charge in [-0.3, -0.25) is 4.90 Å². The number of nitrogens with zero attached hydrogens (tertiary/aromatic N) is 1. The molecule has 1 unspecified atom stereocenters. The van der Waals surface area contributed by atoms with Crippen LogP contribution in [0.3, 0.4) is 0 Å². The maximum Gasteiger partial charge on any atom is 0.170 e. The van der Waals surface area contributed by atoms with Crippen molar-refractivity contribution in [2.24, 2.45) is 0 Å². The minimum absolute atomic E-state index is 0.199. The predicted molar refractivity (Wildman–Crippen MR) is 115 cm³/mol. The molecule has 0 radical (unpaired) electrons. The first kappa shape index (κ1) is 20.4. The van der Waals surface area contributed by atoms with E-state index < -0.39 is 0 Å². The molecular formula is C21H27N3O3S. The van der Waals surface area contributed by atoms with E-state index in [0.29, 0.717) is 11.7 Å². The van der Waals surface area contributed by atoms with Gasteiger partial charge in [-0.05, 0) is 54.2 Å². The number of ether oxygens (including phenoxy) is 3. The van der Waals surface area contributed by atoms with Crippen molar-refractivity contribution in [1.29, 1.82) is 0 Å². The van der Waals surface area contributed by atoms with Crippen molar-refractivity contribution in [2.45, 2.75) is 6.04 Å². The average molecular weight is 402 g/mol. The lowest BCUT2D eigenvalue weighted by molar-refractivity contribution is 0.0170. The minimum Gasteiger partial charge on any atom is -0.497 e. The van der Waals surface area contributed by atoms with Gasteiger partial charge in [-0.2, -0.15) is 0 Å². The lowest BCUT2D eigenvalue weighted by Crippen LogP contribution is -2.44. The third kappa shape index (κ3) is 5.58. The fourth-order valence-electron chi connectivity index (χ4n) is 3.21. The van der Waals surface area contributed by atoms with E-state index >= 15 is 0 Å². The number of hydrogen-bond donors (Lipinski definition) is 2. The Morgan fingerprint density at radius 1 is 1.00 bits per heavy atom. The summed E-state index contributed by atoms with van der Waals surface area (Å²) < 4.78 is 16.0.